The molecule has 2 N–H and O–H groups in total. The fraction of sp³-hybridized carbons (Fsp3) is 0.200. The Kier molecular flexibility index (Phi) is 3.89. The molecule has 1 aromatic heterocycles. The topological polar surface area (TPSA) is 75.3 Å². The van der Waals surface area contributed by atoms with Gasteiger partial charge in [0.15, 0.2) is 0 Å². The lowest BCUT2D eigenvalue weighted by Gasteiger charge is -2.03. The van der Waals surface area contributed by atoms with E-state index >= 15 is 0 Å². The molecule has 1 aromatic carbocycles. The minimum atomic E-state index is -0.184. The van der Waals surface area contributed by atoms with Gasteiger partial charge >= 0.3 is 0 Å². The lowest BCUT2D eigenvalue weighted by molar-refractivity contribution is 0.0963. The first-order chi connectivity index (χ1) is 9.56. The molecule has 0 aliphatic rings. The van der Waals surface area contributed by atoms with Crippen LogP contribution in [0.3, 0.4) is 0 Å². The zero-order chi connectivity index (χ0) is 14.7. The molecular weight excluding hydrogens is 256 g/mol. The van der Waals surface area contributed by atoms with Gasteiger partial charge in [-0.1, -0.05) is 6.08 Å². The second-order valence-electron chi connectivity index (χ2n) is 4.24. The van der Waals surface area contributed by atoms with E-state index in [-0.39, 0.29) is 11.8 Å². The number of carbonyl (C=O) groups excluding carboxylic acids is 1. The third-order valence-corrected chi connectivity index (χ3v) is 2.84. The van der Waals surface area contributed by atoms with Crippen molar-refractivity contribution in [3.05, 3.63) is 41.7 Å². The maximum absolute atomic E-state index is 11.8. The fourth-order valence-corrected chi connectivity index (χ4v) is 1.98. The molecule has 0 atom stereocenters. The summed E-state index contributed by atoms with van der Waals surface area (Å²) in [7, 11) is 1.58. The van der Waals surface area contributed by atoms with E-state index in [1.54, 1.807) is 44.3 Å². The van der Waals surface area contributed by atoms with Crippen LogP contribution < -0.4 is 10.1 Å². The van der Waals surface area contributed by atoms with E-state index in [9.17, 15) is 4.79 Å². The standard InChI is InChI=1S/C15H16N2O3/c1-4-5-13(16)20-10-6-7-11-12(8-10)19-9(2)14(11)15(18)17-3/h4-8,16H,1-3H3,(H,17,18)/b5-4-,16-13?. The number of amides is 1. The van der Waals surface area contributed by atoms with Crippen molar-refractivity contribution in [2.75, 3.05) is 7.05 Å². The van der Waals surface area contributed by atoms with Crippen LogP contribution in [0.2, 0.25) is 0 Å². The molecule has 1 amide bonds. The van der Waals surface area contributed by atoms with Crippen molar-refractivity contribution < 1.29 is 13.9 Å². The summed E-state index contributed by atoms with van der Waals surface area (Å²) in [5.41, 5.74) is 1.09. The molecule has 0 saturated carbocycles. The summed E-state index contributed by atoms with van der Waals surface area (Å²) >= 11 is 0. The Hall–Kier alpha value is -2.56. The number of ether oxygens (including phenoxy) is 1. The molecule has 0 aliphatic heterocycles. The molecule has 5 heteroatoms. The number of hydrogen-bond donors (Lipinski definition) is 2. The molecule has 104 valence electrons. The lowest BCUT2D eigenvalue weighted by Crippen LogP contribution is -2.18. The highest BCUT2D eigenvalue weighted by atomic mass is 16.5. The summed E-state index contributed by atoms with van der Waals surface area (Å²) in [5.74, 6) is 0.913. The van der Waals surface area contributed by atoms with E-state index < -0.39 is 0 Å². The normalized spacial score (nSPS) is 10.9. The zero-order valence-electron chi connectivity index (χ0n) is 11.6. The Morgan fingerprint density at radius 3 is 2.85 bits per heavy atom. The van der Waals surface area contributed by atoms with Crippen molar-refractivity contribution in [3.8, 4) is 5.75 Å². The highest BCUT2D eigenvalue weighted by Crippen LogP contribution is 2.28. The van der Waals surface area contributed by atoms with Crippen molar-refractivity contribution in [1.82, 2.24) is 5.32 Å². The largest absolute Gasteiger partial charge is 0.460 e. The molecular formula is C15H16N2O3. The number of rotatable bonds is 3. The predicted molar refractivity (Wildman–Crippen MR) is 77.5 cm³/mol. The van der Waals surface area contributed by atoms with E-state index in [0.29, 0.717) is 22.7 Å². The maximum atomic E-state index is 11.8. The zero-order valence-corrected chi connectivity index (χ0v) is 11.6. The molecule has 0 unspecified atom stereocenters. The van der Waals surface area contributed by atoms with Crippen LogP contribution in [0.15, 0.2) is 34.8 Å². The van der Waals surface area contributed by atoms with Gasteiger partial charge in [-0.3, -0.25) is 10.2 Å². The number of allylic oxidation sites excluding steroid dienone is 1. The van der Waals surface area contributed by atoms with Crippen LogP contribution in [0.1, 0.15) is 23.0 Å². The number of furan rings is 1. The molecule has 20 heavy (non-hydrogen) atoms. The third kappa shape index (κ3) is 2.56. The summed E-state index contributed by atoms with van der Waals surface area (Å²) in [6.07, 6.45) is 3.27. The van der Waals surface area contributed by atoms with Gasteiger partial charge in [-0.2, -0.15) is 0 Å². The van der Waals surface area contributed by atoms with E-state index in [0.717, 1.165) is 5.39 Å². The van der Waals surface area contributed by atoms with E-state index in [1.165, 1.54) is 0 Å². The van der Waals surface area contributed by atoms with Gasteiger partial charge in [-0.15, -0.1) is 0 Å². The first-order valence-electron chi connectivity index (χ1n) is 6.21. The van der Waals surface area contributed by atoms with Crippen molar-refractivity contribution in [2.24, 2.45) is 0 Å². The minimum Gasteiger partial charge on any atom is -0.460 e. The van der Waals surface area contributed by atoms with Gasteiger partial charge in [0.25, 0.3) is 5.91 Å². The summed E-state index contributed by atoms with van der Waals surface area (Å²) < 4.78 is 10.9. The van der Waals surface area contributed by atoms with Gasteiger partial charge in [0, 0.05) is 18.5 Å². The van der Waals surface area contributed by atoms with Crippen LogP contribution in [-0.4, -0.2) is 18.9 Å². The number of benzene rings is 1. The maximum Gasteiger partial charge on any atom is 0.255 e. The Morgan fingerprint density at radius 2 is 2.20 bits per heavy atom. The summed E-state index contributed by atoms with van der Waals surface area (Å²) in [5, 5.41) is 10.9. The average molecular weight is 272 g/mol. The predicted octanol–water partition coefficient (Wildman–Crippen LogP) is 3.03. The average Bonchev–Trinajstić information content (AvgIpc) is 2.73. The second-order valence-corrected chi connectivity index (χ2v) is 4.24. The molecule has 0 bridgehead atoms. The number of aryl methyl sites for hydroxylation is 1. The van der Waals surface area contributed by atoms with Crippen molar-refractivity contribution in [3.63, 3.8) is 0 Å². The monoisotopic (exact) mass is 272 g/mol. The Labute approximate surface area is 116 Å². The van der Waals surface area contributed by atoms with Crippen molar-refractivity contribution >= 4 is 22.8 Å². The Balaban J connectivity index is 2.41. The number of hydrogen-bond acceptors (Lipinski definition) is 4. The number of fused-ring (bicyclic) bond motifs is 1. The van der Waals surface area contributed by atoms with E-state index in [1.807, 2.05) is 6.92 Å². The molecule has 5 nitrogen and oxygen atoms in total. The fourth-order valence-electron chi connectivity index (χ4n) is 1.98. The van der Waals surface area contributed by atoms with E-state index in [4.69, 9.17) is 14.6 Å². The first-order valence-corrected chi connectivity index (χ1v) is 6.21. The van der Waals surface area contributed by atoms with Crippen molar-refractivity contribution in [1.29, 1.82) is 5.41 Å². The smallest absolute Gasteiger partial charge is 0.255 e. The van der Waals surface area contributed by atoms with Gasteiger partial charge < -0.3 is 14.5 Å². The Morgan fingerprint density at radius 1 is 1.45 bits per heavy atom. The molecule has 0 saturated heterocycles. The Bertz CT molecular complexity index is 698. The van der Waals surface area contributed by atoms with Crippen LogP contribution in [0.5, 0.6) is 5.75 Å². The highest BCUT2D eigenvalue weighted by Gasteiger charge is 2.17. The van der Waals surface area contributed by atoms with E-state index in [2.05, 4.69) is 5.32 Å². The second kappa shape index (κ2) is 5.61. The van der Waals surface area contributed by atoms with Gasteiger partial charge in [-0.05, 0) is 32.1 Å². The number of carbonyl (C=O) groups is 1. The number of nitrogens with one attached hydrogen (secondary N) is 2. The molecule has 0 radical (unpaired) electrons. The first kappa shape index (κ1) is 13.9. The molecule has 2 rings (SSSR count). The highest BCUT2D eigenvalue weighted by molar-refractivity contribution is 6.07. The van der Waals surface area contributed by atoms with Gasteiger partial charge in [0.2, 0.25) is 5.90 Å². The molecule has 0 fully saturated rings. The summed E-state index contributed by atoms with van der Waals surface area (Å²) in [6.45, 7) is 3.56. The van der Waals surface area contributed by atoms with Gasteiger partial charge in [-0.25, -0.2) is 0 Å². The lowest BCUT2D eigenvalue weighted by atomic mass is 10.1. The van der Waals surface area contributed by atoms with Crippen LogP contribution in [0, 0.1) is 12.3 Å². The molecule has 1 heterocycles. The van der Waals surface area contributed by atoms with Gasteiger partial charge in [0.05, 0.1) is 5.56 Å². The summed E-state index contributed by atoms with van der Waals surface area (Å²) in [6, 6.07) is 5.14. The van der Waals surface area contributed by atoms with Crippen molar-refractivity contribution in [2.45, 2.75) is 13.8 Å². The SMILES string of the molecule is C/C=C\C(=N)Oc1ccc2c(C(=O)NC)c(C)oc2c1. The molecule has 2 aromatic rings. The van der Waals surface area contributed by atoms with Crippen LogP contribution >= 0.6 is 0 Å². The minimum absolute atomic E-state index is 0.0432. The van der Waals surface area contributed by atoms with Crippen LogP contribution in [0.25, 0.3) is 11.0 Å². The van der Waals surface area contributed by atoms with Crippen LogP contribution in [-0.2, 0) is 0 Å². The summed E-state index contributed by atoms with van der Waals surface area (Å²) in [4.78, 5) is 11.8. The van der Waals surface area contributed by atoms with Gasteiger partial charge in [0.1, 0.15) is 17.1 Å². The molecule has 0 spiro atoms. The third-order valence-electron chi connectivity index (χ3n) is 2.84. The van der Waals surface area contributed by atoms with Crippen LogP contribution in [0.4, 0.5) is 0 Å². The molecule has 0 aliphatic carbocycles. The quantitative estimate of drug-likeness (QED) is 0.666.